The molecule has 1 N–H and O–H groups in total. The molecule has 3 rings (SSSR count). The minimum Gasteiger partial charge on any atom is -0.493 e. The Morgan fingerprint density at radius 1 is 1.10 bits per heavy atom. The first-order valence-electron chi connectivity index (χ1n) is 9.54. The Morgan fingerprint density at radius 3 is 2.33 bits per heavy atom. The molecule has 2 amide bonds. The van der Waals surface area contributed by atoms with Crippen LogP contribution in [0, 0.1) is 5.82 Å². The Hall–Kier alpha value is -3.29. The number of amides is 2. The molecule has 2 aromatic rings. The number of fused-ring (bicyclic) bond motifs is 1. The summed E-state index contributed by atoms with van der Waals surface area (Å²) in [6, 6.07) is 8.05. The van der Waals surface area contributed by atoms with E-state index in [4.69, 9.17) is 14.2 Å². The summed E-state index contributed by atoms with van der Waals surface area (Å²) in [6.45, 7) is 1.96. The van der Waals surface area contributed by atoms with Crippen LogP contribution in [-0.2, 0) is 16.0 Å². The van der Waals surface area contributed by atoms with E-state index in [1.165, 1.54) is 19.2 Å². The zero-order valence-electron chi connectivity index (χ0n) is 17.4. The van der Waals surface area contributed by atoms with Gasteiger partial charge in [-0.2, -0.15) is 0 Å². The van der Waals surface area contributed by atoms with Gasteiger partial charge in [-0.05, 0) is 54.3 Å². The van der Waals surface area contributed by atoms with Gasteiger partial charge >= 0.3 is 12.0 Å². The van der Waals surface area contributed by atoms with Crippen molar-refractivity contribution in [3.63, 3.8) is 0 Å². The van der Waals surface area contributed by atoms with Crippen LogP contribution in [0.4, 0.5) is 9.18 Å². The van der Waals surface area contributed by atoms with Gasteiger partial charge in [0.05, 0.1) is 27.4 Å². The van der Waals surface area contributed by atoms with Crippen LogP contribution in [0.25, 0.3) is 0 Å². The highest BCUT2D eigenvalue weighted by Gasteiger charge is 2.34. The third kappa shape index (κ3) is 4.17. The SMILES string of the molecule is COC(=O)[C@@H](C)NC(=O)N1CCc2cc(OC)c(OC)cc2[C@H]1c1ccc(F)cc1. The Bertz CT molecular complexity index is 932. The molecule has 0 aliphatic carbocycles. The summed E-state index contributed by atoms with van der Waals surface area (Å²) in [5.41, 5.74) is 2.60. The third-order valence-corrected chi connectivity index (χ3v) is 5.22. The predicted molar refractivity (Wildman–Crippen MR) is 108 cm³/mol. The van der Waals surface area contributed by atoms with E-state index in [0.29, 0.717) is 24.5 Å². The van der Waals surface area contributed by atoms with Crippen molar-refractivity contribution in [1.29, 1.82) is 0 Å². The van der Waals surface area contributed by atoms with Crippen molar-refractivity contribution in [2.24, 2.45) is 0 Å². The maximum atomic E-state index is 13.5. The first kappa shape index (κ1) is 21.4. The lowest BCUT2D eigenvalue weighted by Gasteiger charge is -2.38. The molecule has 0 saturated heterocycles. The Balaban J connectivity index is 2.04. The zero-order chi connectivity index (χ0) is 21.8. The largest absolute Gasteiger partial charge is 0.493 e. The highest BCUT2D eigenvalue weighted by molar-refractivity contribution is 5.84. The molecule has 0 fully saturated rings. The van der Waals surface area contributed by atoms with Gasteiger partial charge in [-0.25, -0.2) is 14.0 Å². The molecular formula is C22H25FN2O5. The summed E-state index contributed by atoms with van der Waals surface area (Å²) < 4.78 is 29.1. The number of benzene rings is 2. The van der Waals surface area contributed by atoms with Gasteiger partial charge in [-0.1, -0.05) is 12.1 Å². The van der Waals surface area contributed by atoms with Crippen LogP contribution in [0.5, 0.6) is 11.5 Å². The van der Waals surface area contributed by atoms with Crippen molar-refractivity contribution in [2.75, 3.05) is 27.9 Å². The van der Waals surface area contributed by atoms with E-state index >= 15 is 0 Å². The Kier molecular flexibility index (Phi) is 6.44. The first-order chi connectivity index (χ1) is 14.4. The number of ether oxygens (including phenoxy) is 3. The van der Waals surface area contributed by atoms with Gasteiger partial charge in [0.25, 0.3) is 0 Å². The Morgan fingerprint density at radius 2 is 1.73 bits per heavy atom. The molecular weight excluding hydrogens is 391 g/mol. The van der Waals surface area contributed by atoms with E-state index in [2.05, 4.69) is 5.32 Å². The van der Waals surface area contributed by atoms with E-state index in [9.17, 15) is 14.0 Å². The van der Waals surface area contributed by atoms with E-state index in [1.54, 1.807) is 38.2 Å². The van der Waals surface area contributed by atoms with Gasteiger partial charge in [0.15, 0.2) is 11.5 Å². The number of nitrogens with one attached hydrogen (secondary N) is 1. The van der Waals surface area contributed by atoms with Gasteiger partial charge in [0.1, 0.15) is 11.9 Å². The summed E-state index contributed by atoms with van der Waals surface area (Å²) in [6.07, 6.45) is 0.591. The number of carbonyl (C=O) groups is 2. The molecule has 0 aromatic heterocycles. The second-order valence-electron chi connectivity index (χ2n) is 7.00. The van der Waals surface area contributed by atoms with Crippen LogP contribution in [0.2, 0.25) is 0 Å². The summed E-state index contributed by atoms with van der Waals surface area (Å²) in [5, 5.41) is 2.68. The molecule has 0 bridgehead atoms. The van der Waals surface area contributed by atoms with Gasteiger partial charge in [0, 0.05) is 6.54 Å². The lowest BCUT2D eigenvalue weighted by molar-refractivity contribution is -0.142. The quantitative estimate of drug-likeness (QED) is 0.758. The molecule has 8 heteroatoms. The molecule has 1 heterocycles. The molecule has 2 atom stereocenters. The number of halogens is 1. The van der Waals surface area contributed by atoms with Crippen LogP contribution >= 0.6 is 0 Å². The fourth-order valence-electron chi connectivity index (χ4n) is 3.67. The van der Waals surface area contributed by atoms with Crippen LogP contribution in [0.1, 0.15) is 29.7 Å². The molecule has 0 radical (unpaired) electrons. The van der Waals surface area contributed by atoms with Gasteiger partial charge < -0.3 is 24.4 Å². The number of methoxy groups -OCH3 is 3. The number of nitrogens with zero attached hydrogens (tertiary/aromatic N) is 1. The van der Waals surface area contributed by atoms with Crippen molar-refractivity contribution < 1.29 is 28.2 Å². The third-order valence-electron chi connectivity index (χ3n) is 5.22. The van der Waals surface area contributed by atoms with Crippen LogP contribution in [-0.4, -0.2) is 50.8 Å². The van der Waals surface area contributed by atoms with Crippen molar-refractivity contribution in [3.8, 4) is 11.5 Å². The van der Waals surface area contributed by atoms with Gasteiger partial charge in [-0.15, -0.1) is 0 Å². The zero-order valence-corrected chi connectivity index (χ0v) is 17.4. The lowest BCUT2D eigenvalue weighted by Crippen LogP contribution is -2.50. The standard InChI is InChI=1S/C22H25FN2O5/c1-13(21(26)30-4)24-22(27)25-10-9-15-11-18(28-2)19(29-3)12-17(15)20(25)14-5-7-16(23)8-6-14/h5-8,11-13,20H,9-10H2,1-4H3,(H,24,27)/t13-,20-/m1/s1. The minimum absolute atomic E-state index is 0.364. The fraction of sp³-hybridized carbons (Fsp3) is 0.364. The first-order valence-corrected chi connectivity index (χ1v) is 9.54. The highest BCUT2D eigenvalue weighted by atomic mass is 19.1. The predicted octanol–water partition coefficient (Wildman–Crippen LogP) is 3.06. The molecule has 0 unspecified atom stereocenters. The summed E-state index contributed by atoms with van der Waals surface area (Å²) in [4.78, 5) is 26.4. The topological polar surface area (TPSA) is 77.1 Å². The number of rotatable bonds is 5. The van der Waals surface area contributed by atoms with Crippen LogP contribution in [0.15, 0.2) is 36.4 Å². The number of hydrogen-bond acceptors (Lipinski definition) is 5. The van der Waals surface area contributed by atoms with E-state index in [0.717, 1.165) is 16.7 Å². The van der Waals surface area contributed by atoms with E-state index < -0.39 is 24.1 Å². The molecule has 1 aliphatic heterocycles. The van der Waals surface area contributed by atoms with E-state index in [-0.39, 0.29) is 5.82 Å². The van der Waals surface area contributed by atoms with E-state index in [1.807, 2.05) is 12.1 Å². The summed E-state index contributed by atoms with van der Waals surface area (Å²) in [7, 11) is 4.38. The lowest BCUT2D eigenvalue weighted by atomic mass is 9.88. The number of esters is 1. The van der Waals surface area contributed by atoms with Crippen LogP contribution < -0.4 is 14.8 Å². The summed E-state index contributed by atoms with van der Waals surface area (Å²) >= 11 is 0. The molecule has 7 nitrogen and oxygen atoms in total. The molecule has 30 heavy (non-hydrogen) atoms. The second kappa shape index (κ2) is 9.02. The summed E-state index contributed by atoms with van der Waals surface area (Å²) in [5.74, 6) is 0.239. The molecule has 0 spiro atoms. The Labute approximate surface area is 174 Å². The van der Waals surface area contributed by atoms with Crippen molar-refractivity contribution >= 4 is 12.0 Å². The van der Waals surface area contributed by atoms with Gasteiger partial charge in [-0.3, -0.25) is 0 Å². The van der Waals surface area contributed by atoms with Crippen molar-refractivity contribution in [3.05, 3.63) is 58.9 Å². The molecule has 1 aliphatic rings. The average Bonchev–Trinajstić information content (AvgIpc) is 2.77. The maximum absolute atomic E-state index is 13.5. The highest BCUT2D eigenvalue weighted by Crippen LogP contribution is 2.41. The molecule has 2 aromatic carbocycles. The smallest absolute Gasteiger partial charge is 0.328 e. The molecule has 160 valence electrons. The van der Waals surface area contributed by atoms with Crippen molar-refractivity contribution in [1.82, 2.24) is 10.2 Å². The van der Waals surface area contributed by atoms with Crippen molar-refractivity contribution in [2.45, 2.75) is 25.4 Å². The normalized spacial score (nSPS) is 16.3. The minimum atomic E-state index is -0.803. The molecule has 0 saturated carbocycles. The maximum Gasteiger partial charge on any atom is 0.328 e. The second-order valence-corrected chi connectivity index (χ2v) is 7.00. The number of carbonyl (C=O) groups excluding carboxylic acids is 2. The average molecular weight is 416 g/mol. The monoisotopic (exact) mass is 416 g/mol. The number of urea groups is 1. The van der Waals surface area contributed by atoms with Crippen LogP contribution in [0.3, 0.4) is 0 Å². The number of hydrogen-bond donors (Lipinski definition) is 1. The fourth-order valence-corrected chi connectivity index (χ4v) is 3.67. The van der Waals surface area contributed by atoms with Gasteiger partial charge in [0.2, 0.25) is 0 Å².